The number of hydrogen-bond donors (Lipinski definition) is 2. The molecule has 3 aromatic carbocycles. The molecule has 3 aliphatic rings. The first kappa shape index (κ1) is 23.1. The fraction of sp³-hybridized carbons (Fsp3) is 0.333. The Morgan fingerprint density at radius 2 is 1.68 bits per heavy atom. The van der Waals surface area contributed by atoms with Crippen LogP contribution in [0.1, 0.15) is 23.5 Å². The number of likely N-dealkylation sites (N-methyl/N-ethyl adjacent to an activating group) is 1. The Morgan fingerprint density at radius 3 is 2.42 bits per heavy atom. The standard InChI is InChI=1S/C30H31N5O3/c1-34-10-12-35(13-11-34)20-7-4-18(5-8-20)28-21-9-6-19(14-24(21)32-33-28)23-17-30(23)22-15-26(37-2)27(38-3)16-25(22)31-29(30)36/h4-9,14-16,23H,10-13,17H2,1-3H3,(H,31,36)(H,32,33)/t23-,30-/m0/s1. The Morgan fingerprint density at radius 1 is 0.947 bits per heavy atom. The van der Waals surface area contributed by atoms with E-state index in [1.807, 2.05) is 12.1 Å². The lowest BCUT2D eigenvalue weighted by atomic mass is 9.91. The fourth-order valence-electron chi connectivity index (χ4n) is 6.29. The van der Waals surface area contributed by atoms with Crippen LogP contribution in [0.5, 0.6) is 11.5 Å². The molecule has 3 heterocycles. The van der Waals surface area contributed by atoms with Crippen molar-refractivity contribution in [1.29, 1.82) is 0 Å². The molecule has 1 amide bonds. The topological polar surface area (TPSA) is 82.7 Å². The van der Waals surface area contributed by atoms with E-state index >= 15 is 0 Å². The van der Waals surface area contributed by atoms with E-state index in [1.54, 1.807) is 14.2 Å². The van der Waals surface area contributed by atoms with Crippen molar-refractivity contribution in [2.24, 2.45) is 0 Å². The van der Waals surface area contributed by atoms with Gasteiger partial charge in [0.1, 0.15) is 0 Å². The summed E-state index contributed by atoms with van der Waals surface area (Å²) in [5.74, 6) is 1.39. The Kier molecular flexibility index (Phi) is 5.16. The number of anilines is 2. The number of carbonyl (C=O) groups excluding carboxylic acids is 1. The van der Waals surface area contributed by atoms with E-state index in [0.29, 0.717) is 11.5 Å². The van der Waals surface area contributed by atoms with Gasteiger partial charge < -0.3 is 24.6 Å². The average molecular weight is 510 g/mol. The number of aromatic amines is 1. The van der Waals surface area contributed by atoms with E-state index in [-0.39, 0.29) is 11.8 Å². The Labute approximate surface area is 221 Å². The maximum Gasteiger partial charge on any atom is 0.235 e. The summed E-state index contributed by atoms with van der Waals surface area (Å²) in [6.45, 7) is 4.28. The molecule has 2 atom stereocenters. The number of nitrogens with zero attached hydrogens (tertiary/aromatic N) is 3. The van der Waals surface area contributed by atoms with E-state index in [9.17, 15) is 4.79 Å². The molecule has 1 saturated carbocycles. The van der Waals surface area contributed by atoms with E-state index in [0.717, 1.165) is 71.6 Å². The number of carbonyl (C=O) groups is 1. The first-order valence-electron chi connectivity index (χ1n) is 13.1. The van der Waals surface area contributed by atoms with Crippen LogP contribution in [0.2, 0.25) is 0 Å². The van der Waals surface area contributed by atoms with E-state index in [1.165, 1.54) is 5.69 Å². The number of piperazine rings is 1. The minimum Gasteiger partial charge on any atom is -0.493 e. The smallest absolute Gasteiger partial charge is 0.235 e. The number of nitrogens with one attached hydrogen (secondary N) is 2. The SMILES string of the molecule is COc1cc2c(cc1OC)[C@]1(C[C@H]1c1ccc3c(-c4ccc(N5CCN(C)CC5)cc4)n[nH]c3c1)C(=O)N2. The third-order valence-electron chi connectivity index (χ3n) is 8.62. The van der Waals surface area contributed by atoms with Gasteiger partial charge in [0.15, 0.2) is 11.5 Å². The van der Waals surface area contributed by atoms with Crippen molar-refractivity contribution < 1.29 is 14.3 Å². The molecule has 4 aromatic rings. The van der Waals surface area contributed by atoms with Crippen LogP contribution in [0.3, 0.4) is 0 Å². The summed E-state index contributed by atoms with van der Waals surface area (Å²) in [5.41, 5.74) is 6.63. The number of H-pyrrole nitrogens is 1. The lowest BCUT2D eigenvalue weighted by Gasteiger charge is -2.34. The van der Waals surface area contributed by atoms with Crippen LogP contribution in [-0.2, 0) is 10.2 Å². The summed E-state index contributed by atoms with van der Waals surface area (Å²) in [6.07, 6.45) is 0.765. The summed E-state index contributed by atoms with van der Waals surface area (Å²) in [4.78, 5) is 18.0. The van der Waals surface area contributed by atoms with Gasteiger partial charge in [0.2, 0.25) is 5.91 Å². The summed E-state index contributed by atoms with van der Waals surface area (Å²) >= 11 is 0. The zero-order chi connectivity index (χ0) is 26.0. The number of ether oxygens (including phenoxy) is 2. The minimum absolute atomic E-state index is 0.0404. The lowest BCUT2D eigenvalue weighted by molar-refractivity contribution is -0.118. The fourth-order valence-corrected chi connectivity index (χ4v) is 6.29. The van der Waals surface area contributed by atoms with Gasteiger partial charge in [-0.1, -0.05) is 24.3 Å². The predicted molar refractivity (Wildman–Crippen MR) is 148 cm³/mol. The molecule has 1 aromatic heterocycles. The molecule has 1 aliphatic carbocycles. The molecule has 0 unspecified atom stereocenters. The summed E-state index contributed by atoms with van der Waals surface area (Å²) in [6, 6.07) is 18.9. The number of fused-ring (bicyclic) bond motifs is 3. The quantitative estimate of drug-likeness (QED) is 0.416. The third kappa shape index (κ3) is 3.40. The molecule has 1 saturated heterocycles. The van der Waals surface area contributed by atoms with E-state index in [4.69, 9.17) is 9.47 Å². The van der Waals surface area contributed by atoms with Gasteiger partial charge in [0, 0.05) is 60.5 Å². The number of benzene rings is 3. The molecule has 2 N–H and O–H groups in total. The van der Waals surface area contributed by atoms with Gasteiger partial charge >= 0.3 is 0 Å². The van der Waals surface area contributed by atoms with E-state index < -0.39 is 5.41 Å². The minimum atomic E-state index is -0.565. The number of methoxy groups -OCH3 is 2. The summed E-state index contributed by atoms with van der Waals surface area (Å²) in [5, 5.41) is 12.0. The maximum atomic E-state index is 13.2. The zero-order valence-electron chi connectivity index (χ0n) is 21.9. The van der Waals surface area contributed by atoms with Crippen molar-refractivity contribution in [2.45, 2.75) is 17.8 Å². The van der Waals surface area contributed by atoms with Gasteiger partial charge in [-0.25, -0.2) is 0 Å². The molecular weight excluding hydrogens is 478 g/mol. The van der Waals surface area contributed by atoms with Crippen LogP contribution in [-0.4, -0.2) is 68.5 Å². The monoisotopic (exact) mass is 509 g/mol. The largest absolute Gasteiger partial charge is 0.493 e. The lowest BCUT2D eigenvalue weighted by Crippen LogP contribution is -2.44. The molecule has 8 heteroatoms. The number of aromatic nitrogens is 2. The Bertz CT molecular complexity index is 1550. The van der Waals surface area contributed by atoms with Gasteiger partial charge in [-0.05, 0) is 48.9 Å². The van der Waals surface area contributed by atoms with Crippen LogP contribution in [0.25, 0.3) is 22.2 Å². The molecule has 8 nitrogen and oxygen atoms in total. The van der Waals surface area contributed by atoms with Crippen LogP contribution in [0, 0.1) is 0 Å². The third-order valence-corrected chi connectivity index (χ3v) is 8.62. The highest BCUT2D eigenvalue weighted by Crippen LogP contribution is 2.66. The van der Waals surface area contributed by atoms with Crippen LogP contribution < -0.4 is 19.7 Å². The van der Waals surface area contributed by atoms with Crippen molar-refractivity contribution >= 4 is 28.2 Å². The second-order valence-electron chi connectivity index (χ2n) is 10.6. The molecule has 38 heavy (non-hydrogen) atoms. The van der Waals surface area contributed by atoms with Crippen LogP contribution in [0.15, 0.2) is 54.6 Å². The van der Waals surface area contributed by atoms with Gasteiger partial charge in [-0.3, -0.25) is 9.89 Å². The highest BCUT2D eigenvalue weighted by atomic mass is 16.5. The van der Waals surface area contributed by atoms with Crippen molar-refractivity contribution in [3.63, 3.8) is 0 Å². The van der Waals surface area contributed by atoms with E-state index in [2.05, 4.69) is 74.8 Å². The Balaban J connectivity index is 1.16. The van der Waals surface area contributed by atoms with Gasteiger partial charge in [-0.15, -0.1) is 0 Å². The molecule has 1 spiro atoms. The average Bonchev–Trinajstić information content (AvgIpc) is 3.47. The van der Waals surface area contributed by atoms with Crippen LogP contribution in [0.4, 0.5) is 11.4 Å². The normalized spacial score (nSPS) is 22.6. The van der Waals surface area contributed by atoms with Gasteiger partial charge in [0.05, 0.1) is 30.8 Å². The first-order chi connectivity index (χ1) is 18.5. The highest BCUT2D eigenvalue weighted by molar-refractivity contribution is 6.10. The molecule has 194 valence electrons. The maximum absolute atomic E-state index is 13.2. The van der Waals surface area contributed by atoms with Gasteiger partial charge in [0.25, 0.3) is 0 Å². The zero-order valence-corrected chi connectivity index (χ0v) is 21.9. The van der Waals surface area contributed by atoms with Crippen molar-refractivity contribution in [1.82, 2.24) is 15.1 Å². The summed E-state index contributed by atoms with van der Waals surface area (Å²) < 4.78 is 11.0. The first-order valence-corrected chi connectivity index (χ1v) is 13.1. The molecule has 2 fully saturated rings. The van der Waals surface area contributed by atoms with Crippen molar-refractivity contribution in [2.75, 3.05) is 57.7 Å². The molecule has 2 aliphatic heterocycles. The van der Waals surface area contributed by atoms with Crippen LogP contribution >= 0.6 is 0 Å². The number of rotatable bonds is 5. The highest BCUT2D eigenvalue weighted by Gasteiger charge is 2.65. The summed E-state index contributed by atoms with van der Waals surface area (Å²) in [7, 11) is 5.40. The second kappa shape index (κ2) is 8.49. The predicted octanol–water partition coefficient (Wildman–Crippen LogP) is 4.38. The molecule has 7 rings (SSSR count). The number of hydrogen-bond acceptors (Lipinski definition) is 6. The molecule has 0 bridgehead atoms. The van der Waals surface area contributed by atoms with Crippen molar-refractivity contribution in [3.8, 4) is 22.8 Å². The van der Waals surface area contributed by atoms with Crippen molar-refractivity contribution in [3.05, 3.63) is 65.7 Å². The second-order valence-corrected chi connectivity index (χ2v) is 10.6. The molecule has 0 radical (unpaired) electrons. The number of amides is 1. The molecular formula is C30H31N5O3. The Hall–Kier alpha value is -4.04. The van der Waals surface area contributed by atoms with Gasteiger partial charge in [-0.2, -0.15) is 5.10 Å².